The second-order valence-corrected chi connectivity index (χ2v) is 10.9. The van der Waals surface area contributed by atoms with Gasteiger partial charge in [0.05, 0.1) is 0 Å². The lowest BCUT2D eigenvalue weighted by atomic mass is 10.3. The maximum absolute atomic E-state index is 6.14. The Labute approximate surface area is 175 Å². The molecule has 0 amide bonds. The Kier molecular flexibility index (Phi) is 6.37. The van der Waals surface area contributed by atoms with Crippen molar-refractivity contribution in [1.29, 1.82) is 0 Å². The van der Waals surface area contributed by atoms with E-state index in [0.717, 1.165) is 11.5 Å². The highest BCUT2D eigenvalue weighted by molar-refractivity contribution is 7.82. The van der Waals surface area contributed by atoms with Gasteiger partial charge in [-0.2, -0.15) is 0 Å². The fourth-order valence-electron chi connectivity index (χ4n) is 3.24. The zero-order chi connectivity index (χ0) is 20.1. The van der Waals surface area contributed by atoms with Gasteiger partial charge in [-0.15, -0.1) is 6.58 Å². The van der Waals surface area contributed by atoms with Crippen molar-refractivity contribution in [1.82, 2.24) is 4.86 Å². The molecule has 4 rings (SSSR count). The highest BCUT2D eigenvalue weighted by atomic mass is 31.2. The third-order valence-corrected chi connectivity index (χ3v) is 9.80. The van der Waals surface area contributed by atoms with Gasteiger partial charge in [0.15, 0.2) is 0 Å². The summed E-state index contributed by atoms with van der Waals surface area (Å²) in [7, 11) is -1.53. The summed E-state index contributed by atoms with van der Waals surface area (Å²) in [6.07, 6.45) is 5.91. The summed E-state index contributed by atoms with van der Waals surface area (Å²) in [4.78, 5) is 4.03. The summed E-state index contributed by atoms with van der Waals surface area (Å²) in [6, 6.07) is 29.6. The lowest BCUT2D eigenvalue weighted by Crippen LogP contribution is -2.26. The molecular formula is C25H23NOP2. The summed E-state index contributed by atoms with van der Waals surface area (Å²) < 4.78 is 6.14. The molecule has 0 fully saturated rings. The average Bonchev–Trinajstić information content (AvgIpc) is 2.95. The van der Waals surface area contributed by atoms with E-state index in [2.05, 4.69) is 96.9 Å². The first kappa shape index (κ1) is 19.8. The zero-order valence-corrected chi connectivity index (χ0v) is 17.9. The summed E-state index contributed by atoms with van der Waals surface area (Å²) in [5.41, 5.74) is 0.138. The lowest BCUT2D eigenvalue weighted by Gasteiger charge is -2.29. The van der Waals surface area contributed by atoms with Crippen LogP contribution in [-0.4, -0.2) is 5.66 Å². The Morgan fingerprint density at radius 3 is 2.00 bits per heavy atom. The molecule has 0 bridgehead atoms. The Morgan fingerprint density at radius 2 is 1.41 bits per heavy atom. The molecular weight excluding hydrogens is 392 g/mol. The van der Waals surface area contributed by atoms with E-state index in [9.17, 15) is 0 Å². The number of allylic oxidation sites excluding steroid dienone is 3. The molecule has 4 heteroatoms. The van der Waals surface area contributed by atoms with E-state index in [-0.39, 0.29) is 5.66 Å². The molecule has 2 atom stereocenters. The third kappa shape index (κ3) is 4.41. The van der Waals surface area contributed by atoms with Crippen LogP contribution in [-0.2, 0) is 0 Å². The summed E-state index contributed by atoms with van der Waals surface area (Å²) in [5.74, 6) is 1.66. The van der Waals surface area contributed by atoms with Gasteiger partial charge in [0.25, 0.3) is 0 Å². The first-order valence-electron chi connectivity index (χ1n) is 9.49. The van der Waals surface area contributed by atoms with Gasteiger partial charge >= 0.3 is 0 Å². The number of nitrogens with one attached hydrogen (secondary N) is 1. The molecule has 2 unspecified atom stereocenters. The standard InChI is InChI=1S/C25H23NOP2/c1-3-20-19-21(4-2)29(25-18-12-11-17-24(25)27-20)26-28(22-13-7-5-8-14-22)23-15-9-6-10-16-23/h3-19,21,26H,1-2H2. The normalized spacial score (nSPS) is 18.2. The topological polar surface area (TPSA) is 21.3 Å². The van der Waals surface area contributed by atoms with Crippen molar-refractivity contribution in [2.45, 2.75) is 5.66 Å². The molecule has 1 aliphatic heterocycles. The van der Waals surface area contributed by atoms with Crippen LogP contribution in [0.4, 0.5) is 0 Å². The molecule has 3 aromatic rings. The Balaban J connectivity index is 1.81. The number of benzene rings is 3. The highest BCUT2D eigenvalue weighted by Gasteiger charge is 2.29. The molecule has 0 radical (unpaired) electrons. The monoisotopic (exact) mass is 415 g/mol. The van der Waals surface area contributed by atoms with Gasteiger partial charge < -0.3 is 4.74 Å². The minimum atomic E-state index is -0.785. The molecule has 2 nitrogen and oxygen atoms in total. The van der Waals surface area contributed by atoms with Crippen LogP contribution >= 0.6 is 16.1 Å². The zero-order valence-electron chi connectivity index (χ0n) is 16.1. The van der Waals surface area contributed by atoms with Crippen molar-refractivity contribution in [3.63, 3.8) is 0 Å². The molecule has 1 N–H and O–H groups in total. The molecule has 1 heterocycles. The van der Waals surface area contributed by atoms with Gasteiger partial charge in [-0.25, -0.2) is 0 Å². The number of hydrogen-bond donors (Lipinski definition) is 1. The smallest absolute Gasteiger partial charge is 0.136 e. The van der Waals surface area contributed by atoms with Gasteiger partial charge in [-0.05, 0) is 34.9 Å². The van der Waals surface area contributed by atoms with Gasteiger partial charge in [-0.1, -0.05) is 85.5 Å². The van der Waals surface area contributed by atoms with Gasteiger partial charge in [-0.3, -0.25) is 4.86 Å². The molecule has 0 saturated carbocycles. The minimum Gasteiger partial charge on any atom is -0.457 e. The van der Waals surface area contributed by atoms with Crippen LogP contribution < -0.4 is 25.5 Å². The van der Waals surface area contributed by atoms with E-state index in [0.29, 0.717) is 0 Å². The first-order chi connectivity index (χ1) is 14.3. The van der Waals surface area contributed by atoms with E-state index < -0.39 is 16.1 Å². The van der Waals surface area contributed by atoms with Crippen molar-refractivity contribution in [3.8, 4) is 5.75 Å². The van der Waals surface area contributed by atoms with Crippen LogP contribution in [0, 0.1) is 0 Å². The SMILES string of the molecule is C=CC1=CC(C=C)P(NP(c2ccccc2)c2ccccc2)c2ccccc2O1. The molecule has 0 spiro atoms. The van der Waals surface area contributed by atoms with Crippen LogP contribution in [0.3, 0.4) is 0 Å². The van der Waals surface area contributed by atoms with E-state index in [1.165, 1.54) is 15.9 Å². The van der Waals surface area contributed by atoms with E-state index in [1.807, 2.05) is 18.2 Å². The number of ether oxygens (including phenoxy) is 1. The maximum atomic E-state index is 6.14. The summed E-state index contributed by atoms with van der Waals surface area (Å²) in [5, 5.41) is 3.80. The van der Waals surface area contributed by atoms with Crippen molar-refractivity contribution >= 4 is 32.1 Å². The fraction of sp³-hybridized carbons (Fsp3) is 0.0400. The Bertz CT molecular complexity index is 978. The van der Waals surface area contributed by atoms with Crippen molar-refractivity contribution in [2.75, 3.05) is 0 Å². The van der Waals surface area contributed by atoms with Crippen molar-refractivity contribution in [3.05, 3.63) is 122 Å². The van der Waals surface area contributed by atoms with Gasteiger partial charge in [0.1, 0.15) is 11.5 Å². The number of fused-ring (bicyclic) bond motifs is 1. The molecule has 0 aromatic heterocycles. The predicted molar refractivity (Wildman–Crippen MR) is 128 cm³/mol. The molecule has 144 valence electrons. The minimum absolute atomic E-state index is 0.138. The van der Waals surface area contributed by atoms with Crippen molar-refractivity contribution in [2.24, 2.45) is 0 Å². The Morgan fingerprint density at radius 1 is 0.828 bits per heavy atom. The van der Waals surface area contributed by atoms with E-state index >= 15 is 0 Å². The Hall–Kier alpha value is -2.50. The average molecular weight is 415 g/mol. The van der Waals surface area contributed by atoms with Crippen molar-refractivity contribution < 1.29 is 4.74 Å². The van der Waals surface area contributed by atoms with E-state index in [1.54, 1.807) is 6.08 Å². The van der Waals surface area contributed by atoms with E-state index in [4.69, 9.17) is 4.74 Å². The van der Waals surface area contributed by atoms with Crippen LogP contribution in [0.25, 0.3) is 0 Å². The maximum Gasteiger partial charge on any atom is 0.136 e. The third-order valence-electron chi connectivity index (χ3n) is 4.66. The van der Waals surface area contributed by atoms with Crippen LogP contribution in [0.1, 0.15) is 0 Å². The predicted octanol–water partition coefficient (Wildman–Crippen LogP) is 5.36. The second-order valence-electron chi connectivity index (χ2n) is 6.55. The van der Waals surface area contributed by atoms with Crippen LogP contribution in [0.2, 0.25) is 0 Å². The van der Waals surface area contributed by atoms with Gasteiger partial charge in [0.2, 0.25) is 0 Å². The van der Waals surface area contributed by atoms with Crippen LogP contribution in [0.5, 0.6) is 5.75 Å². The number of rotatable bonds is 6. The first-order valence-corrected chi connectivity index (χ1v) is 12.2. The molecule has 1 aliphatic rings. The second kappa shape index (κ2) is 9.33. The highest BCUT2D eigenvalue weighted by Crippen LogP contribution is 2.50. The van der Waals surface area contributed by atoms with Crippen LogP contribution in [0.15, 0.2) is 122 Å². The van der Waals surface area contributed by atoms with Gasteiger partial charge in [0, 0.05) is 27.1 Å². The summed E-state index contributed by atoms with van der Waals surface area (Å²) in [6.45, 7) is 8.03. The molecule has 3 aromatic carbocycles. The quantitative estimate of drug-likeness (QED) is 0.432. The molecule has 29 heavy (non-hydrogen) atoms. The summed E-state index contributed by atoms with van der Waals surface area (Å²) >= 11 is 0. The lowest BCUT2D eigenvalue weighted by molar-refractivity contribution is 0.448. The molecule has 0 aliphatic carbocycles. The number of hydrogen-bond acceptors (Lipinski definition) is 2. The number of para-hydroxylation sites is 1. The largest absolute Gasteiger partial charge is 0.457 e. The molecule has 0 saturated heterocycles. The fourth-order valence-corrected chi connectivity index (χ4v) is 8.66.